The number of anilines is 1. The molecule has 26 heavy (non-hydrogen) atoms. The number of hydrogen-bond donors (Lipinski definition) is 1. The quantitative estimate of drug-likeness (QED) is 0.820. The zero-order chi connectivity index (χ0) is 18.5. The predicted octanol–water partition coefficient (Wildman–Crippen LogP) is 2.31. The first-order valence-electron chi connectivity index (χ1n) is 9.14. The highest BCUT2D eigenvalue weighted by molar-refractivity contribution is 5.87. The Morgan fingerprint density at radius 1 is 1.35 bits per heavy atom. The number of pyridine rings is 1. The van der Waals surface area contributed by atoms with Gasteiger partial charge in [-0.25, -0.2) is 14.8 Å². The third-order valence-corrected chi connectivity index (χ3v) is 4.86. The normalized spacial score (nSPS) is 17.7. The minimum Gasteiger partial charge on any atom is -0.478 e. The maximum Gasteiger partial charge on any atom is 0.337 e. The molecule has 0 bridgehead atoms. The van der Waals surface area contributed by atoms with Gasteiger partial charge in [-0.15, -0.1) is 0 Å². The summed E-state index contributed by atoms with van der Waals surface area (Å²) in [6.45, 7) is 3.85. The fraction of sp³-hybridized carbons (Fsp3) is 0.526. The van der Waals surface area contributed by atoms with E-state index in [0.29, 0.717) is 5.92 Å². The predicted molar refractivity (Wildman–Crippen MR) is 101 cm³/mol. The Morgan fingerprint density at radius 3 is 2.88 bits per heavy atom. The molecule has 0 amide bonds. The van der Waals surface area contributed by atoms with E-state index in [1.807, 2.05) is 6.20 Å². The SMILES string of the molecule is CN(C)CCCn1ccnc1[C@H]1CCCN(c2ccc(C(=O)O)cn2)C1. The van der Waals surface area contributed by atoms with Gasteiger partial charge in [-0.1, -0.05) is 0 Å². The van der Waals surface area contributed by atoms with E-state index in [-0.39, 0.29) is 5.56 Å². The van der Waals surface area contributed by atoms with Crippen molar-refractivity contribution >= 4 is 11.8 Å². The van der Waals surface area contributed by atoms with Crippen LogP contribution in [0.25, 0.3) is 0 Å². The van der Waals surface area contributed by atoms with Gasteiger partial charge in [-0.3, -0.25) is 0 Å². The second-order valence-electron chi connectivity index (χ2n) is 7.13. The van der Waals surface area contributed by atoms with Gasteiger partial charge in [0.25, 0.3) is 0 Å². The van der Waals surface area contributed by atoms with Crippen LogP contribution in [-0.2, 0) is 6.54 Å². The number of aromatic nitrogens is 3. The number of carbonyl (C=O) groups is 1. The highest BCUT2D eigenvalue weighted by atomic mass is 16.4. The molecule has 1 fully saturated rings. The van der Waals surface area contributed by atoms with E-state index in [4.69, 9.17) is 5.11 Å². The molecule has 1 saturated heterocycles. The molecule has 2 aromatic heterocycles. The van der Waals surface area contributed by atoms with E-state index in [1.54, 1.807) is 12.1 Å². The zero-order valence-corrected chi connectivity index (χ0v) is 15.5. The molecule has 1 aliphatic heterocycles. The van der Waals surface area contributed by atoms with Crippen molar-refractivity contribution in [2.45, 2.75) is 31.7 Å². The molecule has 1 aliphatic rings. The van der Waals surface area contributed by atoms with Crippen molar-refractivity contribution in [3.63, 3.8) is 0 Å². The number of hydrogen-bond acceptors (Lipinski definition) is 5. The topological polar surface area (TPSA) is 74.5 Å². The van der Waals surface area contributed by atoms with Crippen molar-refractivity contribution < 1.29 is 9.90 Å². The van der Waals surface area contributed by atoms with Gasteiger partial charge in [0.1, 0.15) is 11.6 Å². The van der Waals surface area contributed by atoms with E-state index in [0.717, 1.165) is 57.1 Å². The lowest BCUT2D eigenvalue weighted by Crippen LogP contribution is -2.36. The summed E-state index contributed by atoms with van der Waals surface area (Å²) in [4.78, 5) is 24.4. The van der Waals surface area contributed by atoms with Crippen molar-refractivity contribution in [1.29, 1.82) is 0 Å². The van der Waals surface area contributed by atoms with Crippen LogP contribution < -0.4 is 4.90 Å². The lowest BCUT2D eigenvalue weighted by atomic mass is 9.97. The van der Waals surface area contributed by atoms with Crippen LogP contribution in [0.3, 0.4) is 0 Å². The summed E-state index contributed by atoms with van der Waals surface area (Å²) in [6, 6.07) is 3.42. The molecule has 1 atom stereocenters. The Balaban J connectivity index is 1.67. The smallest absolute Gasteiger partial charge is 0.337 e. The second kappa shape index (κ2) is 8.31. The number of carboxylic acids is 1. The minimum absolute atomic E-state index is 0.221. The fourth-order valence-corrected chi connectivity index (χ4v) is 3.52. The Hall–Kier alpha value is -2.41. The van der Waals surface area contributed by atoms with E-state index < -0.39 is 5.97 Å². The van der Waals surface area contributed by atoms with Crippen LogP contribution in [0.1, 0.15) is 41.4 Å². The number of rotatable bonds is 7. The van der Waals surface area contributed by atoms with Crippen LogP contribution in [0.4, 0.5) is 5.82 Å². The molecule has 140 valence electrons. The first kappa shape index (κ1) is 18.4. The van der Waals surface area contributed by atoms with E-state index in [2.05, 4.69) is 44.6 Å². The molecule has 3 heterocycles. The molecule has 0 aromatic carbocycles. The van der Waals surface area contributed by atoms with E-state index in [1.165, 1.54) is 6.20 Å². The number of nitrogens with zero attached hydrogens (tertiary/aromatic N) is 5. The monoisotopic (exact) mass is 357 g/mol. The van der Waals surface area contributed by atoms with Gasteiger partial charge in [0.2, 0.25) is 0 Å². The molecule has 0 radical (unpaired) electrons. The molecule has 0 spiro atoms. The van der Waals surface area contributed by atoms with Crippen LogP contribution >= 0.6 is 0 Å². The lowest BCUT2D eigenvalue weighted by molar-refractivity contribution is 0.0696. The first-order chi connectivity index (χ1) is 12.5. The minimum atomic E-state index is -0.944. The summed E-state index contributed by atoms with van der Waals surface area (Å²) in [7, 11) is 4.19. The molecule has 0 saturated carbocycles. The highest BCUT2D eigenvalue weighted by Crippen LogP contribution is 2.28. The van der Waals surface area contributed by atoms with Crippen molar-refractivity contribution in [2.75, 3.05) is 38.6 Å². The van der Waals surface area contributed by atoms with Crippen molar-refractivity contribution in [1.82, 2.24) is 19.4 Å². The molecule has 0 aliphatic carbocycles. The maximum atomic E-state index is 11.0. The fourth-order valence-electron chi connectivity index (χ4n) is 3.52. The maximum absolute atomic E-state index is 11.0. The molecule has 7 heteroatoms. The van der Waals surface area contributed by atoms with Gasteiger partial charge in [-0.2, -0.15) is 0 Å². The lowest BCUT2D eigenvalue weighted by Gasteiger charge is -2.33. The average molecular weight is 357 g/mol. The van der Waals surface area contributed by atoms with Crippen molar-refractivity contribution in [3.8, 4) is 0 Å². The van der Waals surface area contributed by atoms with Gasteiger partial charge >= 0.3 is 5.97 Å². The number of carboxylic acid groups (broad SMARTS) is 1. The Bertz CT molecular complexity index is 726. The standard InChI is InChI=1S/C19H27N5O2/c1-22(2)9-4-11-23-12-8-20-18(23)16-5-3-10-24(14-16)17-7-6-15(13-21-17)19(25)26/h6-8,12-13,16H,3-5,9-11,14H2,1-2H3,(H,25,26)/t16-/m0/s1. The molecule has 2 aromatic rings. The van der Waals surface area contributed by atoms with Gasteiger partial charge < -0.3 is 19.5 Å². The van der Waals surface area contributed by atoms with Crippen LogP contribution in [0.15, 0.2) is 30.7 Å². The van der Waals surface area contributed by atoms with Crippen LogP contribution in [0.5, 0.6) is 0 Å². The van der Waals surface area contributed by atoms with E-state index in [9.17, 15) is 4.79 Å². The Morgan fingerprint density at radius 2 is 2.19 bits per heavy atom. The van der Waals surface area contributed by atoms with E-state index >= 15 is 0 Å². The molecular formula is C19H27N5O2. The number of aryl methyl sites for hydroxylation is 1. The highest BCUT2D eigenvalue weighted by Gasteiger charge is 2.25. The van der Waals surface area contributed by atoms with Crippen LogP contribution in [-0.4, -0.2) is 64.2 Å². The number of imidazole rings is 1. The number of piperidine rings is 1. The summed E-state index contributed by atoms with van der Waals surface area (Å²) >= 11 is 0. The van der Waals surface area contributed by atoms with Gasteiger partial charge in [0.05, 0.1) is 5.56 Å². The summed E-state index contributed by atoms with van der Waals surface area (Å²) in [5, 5.41) is 9.02. The van der Waals surface area contributed by atoms with Gasteiger partial charge in [-0.05, 0) is 52.0 Å². The Labute approximate surface area is 154 Å². The summed E-state index contributed by atoms with van der Waals surface area (Å²) in [5.41, 5.74) is 0.221. The summed E-state index contributed by atoms with van der Waals surface area (Å²) < 4.78 is 2.28. The summed E-state index contributed by atoms with van der Waals surface area (Å²) in [6.07, 6.45) is 8.70. The largest absolute Gasteiger partial charge is 0.478 e. The van der Waals surface area contributed by atoms with Crippen molar-refractivity contribution in [2.24, 2.45) is 0 Å². The zero-order valence-electron chi connectivity index (χ0n) is 15.5. The molecule has 0 unspecified atom stereocenters. The number of aromatic carboxylic acids is 1. The average Bonchev–Trinajstić information content (AvgIpc) is 3.10. The van der Waals surface area contributed by atoms with Crippen molar-refractivity contribution in [3.05, 3.63) is 42.1 Å². The van der Waals surface area contributed by atoms with Crippen LogP contribution in [0, 0.1) is 0 Å². The third kappa shape index (κ3) is 4.40. The second-order valence-corrected chi connectivity index (χ2v) is 7.13. The van der Waals surface area contributed by atoms with Gasteiger partial charge in [0, 0.05) is 44.1 Å². The first-order valence-corrected chi connectivity index (χ1v) is 9.14. The molecular weight excluding hydrogens is 330 g/mol. The third-order valence-electron chi connectivity index (χ3n) is 4.86. The van der Waals surface area contributed by atoms with Gasteiger partial charge in [0.15, 0.2) is 0 Å². The summed E-state index contributed by atoms with van der Waals surface area (Å²) in [5.74, 6) is 1.42. The molecule has 1 N–H and O–H groups in total. The molecule has 3 rings (SSSR count). The van der Waals surface area contributed by atoms with Crippen LogP contribution in [0.2, 0.25) is 0 Å². The Kier molecular flexibility index (Phi) is 5.88. The molecule has 7 nitrogen and oxygen atoms in total.